The molecule has 1 atom stereocenters. The number of nitrogens with one attached hydrogen (secondary N) is 1. The summed E-state index contributed by atoms with van der Waals surface area (Å²) >= 11 is 0. The van der Waals surface area contributed by atoms with Crippen molar-refractivity contribution in [3.05, 3.63) is 59.7 Å². The number of rotatable bonds is 4. The van der Waals surface area contributed by atoms with Crippen LogP contribution >= 0.6 is 0 Å². The molecule has 0 spiro atoms. The minimum Gasteiger partial charge on any atom is -0.313 e. The first-order valence-electron chi connectivity index (χ1n) is 5.78. The zero-order valence-electron chi connectivity index (χ0n) is 10.2. The molecule has 2 heterocycles. The van der Waals surface area contributed by atoms with E-state index in [-0.39, 0.29) is 0 Å². The normalized spacial score (nSPS) is 12.4. The largest absolute Gasteiger partial charge is 0.313 e. The third-order valence-corrected chi connectivity index (χ3v) is 2.86. The van der Waals surface area contributed by atoms with Crippen molar-refractivity contribution in [3.8, 4) is 0 Å². The first kappa shape index (κ1) is 11.7. The molecule has 1 unspecified atom stereocenters. The molecule has 3 heteroatoms. The van der Waals surface area contributed by atoms with Gasteiger partial charge >= 0.3 is 0 Å². The van der Waals surface area contributed by atoms with Gasteiger partial charge in [-0.1, -0.05) is 0 Å². The van der Waals surface area contributed by atoms with Gasteiger partial charge in [-0.25, -0.2) is 0 Å². The lowest BCUT2D eigenvalue weighted by Crippen LogP contribution is -2.19. The van der Waals surface area contributed by atoms with Crippen LogP contribution in [0.5, 0.6) is 0 Å². The summed E-state index contributed by atoms with van der Waals surface area (Å²) in [6, 6.07) is 8.62. The minimum absolute atomic E-state index is 0.319. The summed E-state index contributed by atoms with van der Waals surface area (Å²) in [6.45, 7) is 2.02. The summed E-state index contributed by atoms with van der Waals surface area (Å²) in [5, 5.41) is 3.35. The van der Waals surface area contributed by atoms with E-state index in [0.29, 0.717) is 6.04 Å². The zero-order valence-corrected chi connectivity index (χ0v) is 10.2. The fourth-order valence-electron chi connectivity index (χ4n) is 1.93. The van der Waals surface area contributed by atoms with Crippen LogP contribution in [0.3, 0.4) is 0 Å². The lowest BCUT2D eigenvalue weighted by atomic mass is 10.00. The predicted octanol–water partition coefficient (Wildman–Crippen LogP) is 2.29. The monoisotopic (exact) mass is 227 g/mol. The number of aryl methyl sites for hydroxylation is 1. The van der Waals surface area contributed by atoms with Crippen molar-refractivity contribution in [2.45, 2.75) is 19.4 Å². The SMILES string of the molecule is CNC(Cc1ccncc1)c1ccnc(C)c1. The average molecular weight is 227 g/mol. The molecule has 0 fully saturated rings. The van der Waals surface area contributed by atoms with Gasteiger partial charge in [-0.2, -0.15) is 0 Å². The van der Waals surface area contributed by atoms with E-state index < -0.39 is 0 Å². The topological polar surface area (TPSA) is 37.8 Å². The average Bonchev–Trinajstić information content (AvgIpc) is 2.37. The quantitative estimate of drug-likeness (QED) is 0.870. The van der Waals surface area contributed by atoms with Gasteiger partial charge in [-0.05, 0) is 55.8 Å². The molecule has 0 aliphatic heterocycles. The van der Waals surface area contributed by atoms with Crippen LogP contribution in [0.2, 0.25) is 0 Å². The Labute approximate surface area is 102 Å². The summed E-state index contributed by atoms with van der Waals surface area (Å²) in [5.41, 5.74) is 3.61. The van der Waals surface area contributed by atoms with Crippen LogP contribution in [-0.4, -0.2) is 17.0 Å². The van der Waals surface area contributed by atoms with Crippen molar-refractivity contribution in [1.82, 2.24) is 15.3 Å². The van der Waals surface area contributed by atoms with Crippen LogP contribution in [0, 0.1) is 6.92 Å². The van der Waals surface area contributed by atoms with Crippen molar-refractivity contribution in [2.24, 2.45) is 0 Å². The van der Waals surface area contributed by atoms with Gasteiger partial charge in [0.1, 0.15) is 0 Å². The Balaban J connectivity index is 2.17. The van der Waals surface area contributed by atoms with Gasteiger partial charge in [0.15, 0.2) is 0 Å². The number of hydrogen-bond donors (Lipinski definition) is 1. The van der Waals surface area contributed by atoms with Gasteiger partial charge in [-0.15, -0.1) is 0 Å². The van der Waals surface area contributed by atoms with Crippen molar-refractivity contribution in [1.29, 1.82) is 0 Å². The Morgan fingerprint density at radius 2 is 1.94 bits per heavy atom. The Morgan fingerprint density at radius 3 is 2.59 bits per heavy atom. The maximum absolute atomic E-state index is 4.23. The molecule has 1 N–H and O–H groups in total. The van der Waals surface area contributed by atoms with E-state index >= 15 is 0 Å². The molecule has 0 amide bonds. The Kier molecular flexibility index (Phi) is 3.83. The molecule has 0 radical (unpaired) electrons. The number of hydrogen-bond acceptors (Lipinski definition) is 3. The molecular formula is C14H17N3. The van der Waals surface area contributed by atoms with Crippen molar-refractivity contribution in [2.75, 3.05) is 7.05 Å². The molecule has 2 aromatic heterocycles. The fraction of sp³-hybridized carbons (Fsp3) is 0.286. The van der Waals surface area contributed by atoms with Crippen molar-refractivity contribution < 1.29 is 0 Å². The van der Waals surface area contributed by atoms with Crippen LogP contribution < -0.4 is 5.32 Å². The van der Waals surface area contributed by atoms with E-state index in [1.54, 1.807) is 0 Å². The number of likely N-dealkylation sites (N-methyl/N-ethyl adjacent to an activating group) is 1. The molecular weight excluding hydrogens is 210 g/mol. The van der Waals surface area contributed by atoms with Crippen LogP contribution in [0.15, 0.2) is 42.9 Å². The van der Waals surface area contributed by atoms with E-state index in [4.69, 9.17) is 0 Å². The zero-order chi connectivity index (χ0) is 12.1. The highest BCUT2D eigenvalue weighted by molar-refractivity contribution is 5.22. The van der Waals surface area contributed by atoms with Gasteiger partial charge in [0.25, 0.3) is 0 Å². The first-order chi connectivity index (χ1) is 8.29. The second-order valence-electron chi connectivity index (χ2n) is 4.13. The maximum Gasteiger partial charge on any atom is 0.0375 e. The summed E-state index contributed by atoms with van der Waals surface area (Å²) in [6.07, 6.45) is 6.49. The van der Waals surface area contributed by atoms with Gasteiger partial charge in [-0.3, -0.25) is 9.97 Å². The molecule has 0 aliphatic carbocycles. The van der Waals surface area contributed by atoms with E-state index in [0.717, 1.165) is 12.1 Å². The minimum atomic E-state index is 0.319. The molecule has 0 aromatic carbocycles. The predicted molar refractivity (Wildman–Crippen MR) is 68.7 cm³/mol. The lowest BCUT2D eigenvalue weighted by molar-refractivity contribution is 0.590. The second kappa shape index (κ2) is 5.55. The third-order valence-electron chi connectivity index (χ3n) is 2.86. The highest BCUT2D eigenvalue weighted by Gasteiger charge is 2.10. The molecule has 0 aliphatic rings. The number of nitrogens with zero attached hydrogens (tertiary/aromatic N) is 2. The highest BCUT2D eigenvalue weighted by atomic mass is 14.9. The summed E-state index contributed by atoms with van der Waals surface area (Å²) in [5.74, 6) is 0. The molecule has 3 nitrogen and oxygen atoms in total. The van der Waals surface area contributed by atoms with Crippen LogP contribution in [-0.2, 0) is 6.42 Å². The van der Waals surface area contributed by atoms with E-state index in [9.17, 15) is 0 Å². The van der Waals surface area contributed by atoms with Gasteiger partial charge in [0.05, 0.1) is 0 Å². The van der Waals surface area contributed by atoms with E-state index in [1.165, 1.54) is 11.1 Å². The third kappa shape index (κ3) is 3.11. The van der Waals surface area contributed by atoms with Crippen LogP contribution in [0.4, 0.5) is 0 Å². The summed E-state index contributed by atoms with van der Waals surface area (Å²) in [4.78, 5) is 8.26. The standard InChI is InChI=1S/C14H17N3/c1-11-9-13(5-8-17-11)14(15-2)10-12-3-6-16-7-4-12/h3-9,14-15H,10H2,1-2H3. The van der Waals surface area contributed by atoms with Gasteiger partial charge in [0, 0.05) is 30.3 Å². The summed E-state index contributed by atoms with van der Waals surface area (Å²) < 4.78 is 0. The van der Waals surface area contributed by atoms with Crippen molar-refractivity contribution in [3.63, 3.8) is 0 Å². The van der Waals surface area contributed by atoms with Crippen LogP contribution in [0.25, 0.3) is 0 Å². The molecule has 17 heavy (non-hydrogen) atoms. The Hall–Kier alpha value is -1.74. The van der Waals surface area contributed by atoms with Crippen molar-refractivity contribution >= 4 is 0 Å². The number of pyridine rings is 2. The van der Waals surface area contributed by atoms with E-state index in [2.05, 4.69) is 39.6 Å². The molecule has 0 saturated heterocycles. The first-order valence-corrected chi connectivity index (χ1v) is 5.78. The Bertz CT molecular complexity index is 468. The highest BCUT2D eigenvalue weighted by Crippen LogP contribution is 2.17. The van der Waals surface area contributed by atoms with Gasteiger partial charge < -0.3 is 5.32 Å². The van der Waals surface area contributed by atoms with Crippen LogP contribution in [0.1, 0.15) is 22.9 Å². The van der Waals surface area contributed by atoms with Gasteiger partial charge in [0.2, 0.25) is 0 Å². The summed E-state index contributed by atoms with van der Waals surface area (Å²) in [7, 11) is 1.99. The molecule has 0 saturated carbocycles. The fourth-order valence-corrected chi connectivity index (χ4v) is 1.93. The smallest absolute Gasteiger partial charge is 0.0375 e. The number of aromatic nitrogens is 2. The Morgan fingerprint density at radius 1 is 1.18 bits per heavy atom. The molecule has 2 rings (SSSR count). The van der Waals surface area contributed by atoms with E-state index in [1.807, 2.05) is 32.6 Å². The second-order valence-corrected chi connectivity index (χ2v) is 4.13. The molecule has 2 aromatic rings. The molecule has 88 valence electrons. The lowest BCUT2D eigenvalue weighted by Gasteiger charge is -2.16. The maximum atomic E-state index is 4.23. The molecule has 0 bridgehead atoms.